The van der Waals surface area contributed by atoms with Gasteiger partial charge in [0.05, 0.1) is 23.8 Å². The SMILES string of the molecule is CCOC(=O)c1c(NC(=O)[C@H]2CC(=O)N(c3ccccc3F)C2)sc(C)c1C. The summed E-state index contributed by atoms with van der Waals surface area (Å²) in [5, 5.41) is 3.18. The second-order valence-electron chi connectivity index (χ2n) is 6.55. The second kappa shape index (κ2) is 8.10. The standard InChI is InChI=1S/C20H21FN2O4S/c1-4-27-20(26)17-11(2)12(3)28-19(17)22-18(25)13-9-16(24)23(10-13)15-8-6-5-7-14(15)21/h5-8,13H,4,9-10H2,1-3H3,(H,22,25)/t13-/m0/s1. The first kappa shape index (κ1) is 20.0. The lowest BCUT2D eigenvalue weighted by Gasteiger charge is -2.17. The molecule has 1 aromatic carbocycles. The molecule has 8 heteroatoms. The van der Waals surface area contributed by atoms with Gasteiger partial charge in [0.2, 0.25) is 11.8 Å². The van der Waals surface area contributed by atoms with E-state index in [0.29, 0.717) is 10.6 Å². The van der Waals surface area contributed by atoms with Crippen molar-refractivity contribution in [2.45, 2.75) is 27.2 Å². The molecule has 1 fully saturated rings. The van der Waals surface area contributed by atoms with E-state index >= 15 is 0 Å². The van der Waals surface area contributed by atoms with Crippen LogP contribution in [0, 0.1) is 25.6 Å². The molecule has 1 aliphatic rings. The zero-order chi connectivity index (χ0) is 20.4. The summed E-state index contributed by atoms with van der Waals surface area (Å²) in [6.45, 7) is 5.69. The van der Waals surface area contributed by atoms with Gasteiger partial charge in [-0.05, 0) is 38.5 Å². The Morgan fingerprint density at radius 3 is 2.71 bits per heavy atom. The van der Waals surface area contributed by atoms with E-state index in [1.165, 1.54) is 28.4 Å². The lowest BCUT2D eigenvalue weighted by atomic mass is 10.1. The van der Waals surface area contributed by atoms with E-state index < -0.39 is 17.7 Å². The molecule has 0 unspecified atom stereocenters. The van der Waals surface area contributed by atoms with Gasteiger partial charge in [-0.25, -0.2) is 9.18 Å². The maximum absolute atomic E-state index is 14.0. The number of amides is 2. The van der Waals surface area contributed by atoms with Gasteiger partial charge in [0.15, 0.2) is 0 Å². The third-order valence-electron chi connectivity index (χ3n) is 4.74. The molecule has 1 saturated heterocycles. The Labute approximate surface area is 166 Å². The third kappa shape index (κ3) is 3.77. The van der Waals surface area contributed by atoms with Crippen molar-refractivity contribution in [3.8, 4) is 0 Å². The Morgan fingerprint density at radius 1 is 1.32 bits per heavy atom. The number of halogens is 1. The quantitative estimate of drug-likeness (QED) is 0.772. The number of thiophene rings is 1. The molecule has 2 heterocycles. The highest BCUT2D eigenvalue weighted by atomic mass is 32.1. The van der Waals surface area contributed by atoms with Gasteiger partial charge in [0.1, 0.15) is 10.8 Å². The minimum absolute atomic E-state index is 0.0156. The molecule has 0 spiro atoms. The van der Waals surface area contributed by atoms with Crippen molar-refractivity contribution >= 4 is 39.8 Å². The molecular weight excluding hydrogens is 383 g/mol. The predicted octanol–water partition coefficient (Wildman–Crippen LogP) is 3.67. The number of para-hydroxylation sites is 1. The van der Waals surface area contributed by atoms with Gasteiger partial charge in [-0.1, -0.05) is 12.1 Å². The molecule has 2 amide bonds. The molecule has 0 bridgehead atoms. The summed E-state index contributed by atoms with van der Waals surface area (Å²) < 4.78 is 19.1. The van der Waals surface area contributed by atoms with E-state index in [-0.39, 0.29) is 37.1 Å². The number of carbonyl (C=O) groups excluding carboxylic acids is 3. The number of ether oxygens (including phenoxy) is 1. The van der Waals surface area contributed by atoms with Crippen LogP contribution in [0.4, 0.5) is 15.1 Å². The van der Waals surface area contributed by atoms with Gasteiger partial charge in [0.25, 0.3) is 0 Å². The number of nitrogens with zero attached hydrogens (tertiary/aromatic N) is 1. The summed E-state index contributed by atoms with van der Waals surface area (Å²) in [6.07, 6.45) is -0.0156. The number of hydrogen-bond donors (Lipinski definition) is 1. The molecule has 3 rings (SSSR count). The maximum atomic E-state index is 14.0. The molecule has 148 valence electrons. The molecule has 0 radical (unpaired) electrons. The molecule has 1 atom stereocenters. The van der Waals surface area contributed by atoms with Crippen molar-refractivity contribution in [2.75, 3.05) is 23.4 Å². The Morgan fingerprint density at radius 2 is 2.04 bits per heavy atom. The summed E-state index contributed by atoms with van der Waals surface area (Å²) in [4.78, 5) is 39.5. The number of aryl methyl sites for hydroxylation is 1. The van der Waals surface area contributed by atoms with E-state index in [9.17, 15) is 18.8 Å². The number of hydrogen-bond acceptors (Lipinski definition) is 5. The van der Waals surface area contributed by atoms with Crippen LogP contribution in [-0.2, 0) is 14.3 Å². The fourth-order valence-corrected chi connectivity index (χ4v) is 4.22. The van der Waals surface area contributed by atoms with Crippen molar-refractivity contribution in [3.63, 3.8) is 0 Å². The molecule has 2 aromatic rings. The first-order valence-corrected chi connectivity index (χ1v) is 9.78. The zero-order valence-corrected chi connectivity index (χ0v) is 16.7. The molecule has 0 saturated carbocycles. The number of carbonyl (C=O) groups is 3. The fourth-order valence-electron chi connectivity index (χ4n) is 3.16. The van der Waals surface area contributed by atoms with Crippen molar-refractivity contribution in [1.82, 2.24) is 0 Å². The van der Waals surface area contributed by atoms with Crippen LogP contribution < -0.4 is 10.2 Å². The highest BCUT2D eigenvalue weighted by Crippen LogP contribution is 2.34. The van der Waals surface area contributed by atoms with Crippen LogP contribution in [0.1, 0.15) is 34.1 Å². The highest BCUT2D eigenvalue weighted by Gasteiger charge is 2.37. The van der Waals surface area contributed by atoms with E-state index in [0.717, 1.165) is 10.4 Å². The summed E-state index contributed by atoms with van der Waals surface area (Å²) in [7, 11) is 0. The van der Waals surface area contributed by atoms with E-state index in [1.54, 1.807) is 26.0 Å². The van der Waals surface area contributed by atoms with Crippen molar-refractivity contribution in [1.29, 1.82) is 0 Å². The van der Waals surface area contributed by atoms with Crippen molar-refractivity contribution < 1.29 is 23.5 Å². The van der Waals surface area contributed by atoms with Crippen LogP contribution in [0.2, 0.25) is 0 Å². The first-order valence-electron chi connectivity index (χ1n) is 8.96. The lowest BCUT2D eigenvalue weighted by molar-refractivity contribution is -0.122. The molecule has 1 N–H and O–H groups in total. The molecule has 6 nitrogen and oxygen atoms in total. The average molecular weight is 404 g/mol. The molecule has 28 heavy (non-hydrogen) atoms. The maximum Gasteiger partial charge on any atom is 0.341 e. The number of nitrogens with one attached hydrogen (secondary N) is 1. The summed E-state index contributed by atoms with van der Waals surface area (Å²) in [5.74, 6) is -2.32. The topological polar surface area (TPSA) is 75.7 Å². The summed E-state index contributed by atoms with van der Waals surface area (Å²) in [6, 6.07) is 5.97. The monoisotopic (exact) mass is 404 g/mol. The fraction of sp³-hybridized carbons (Fsp3) is 0.350. The van der Waals surface area contributed by atoms with Gasteiger partial charge in [-0.2, -0.15) is 0 Å². The molecular formula is C20H21FN2O4S. The minimum Gasteiger partial charge on any atom is -0.462 e. The van der Waals surface area contributed by atoms with Gasteiger partial charge in [0, 0.05) is 17.8 Å². The van der Waals surface area contributed by atoms with Gasteiger partial charge in [-0.3, -0.25) is 9.59 Å². The van der Waals surface area contributed by atoms with Crippen molar-refractivity contribution in [2.24, 2.45) is 5.92 Å². The highest BCUT2D eigenvalue weighted by molar-refractivity contribution is 7.16. The average Bonchev–Trinajstić information content (AvgIpc) is 3.16. The largest absolute Gasteiger partial charge is 0.462 e. The smallest absolute Gasteiger partial charge is 0.341 e. The van der Waals surface area contributed by atoms with Gasteiger partial charge in [-0.15, -0.1) is 11.3 Å². The Hall–Kier alpha value is -2.74. The van der Waals surface area contributed by atoms with Gasteiger partial charge < -0.3 is 15.0 Å². The number of anilines is 2. The minimum atomic E-state index is -0.634. The third-order valence-corrected chi connectivity index (χ3v) is 5.86. The van der Waals surface area contributed by atoms with Crippen molar-refractivity contribution in [3.05, 3.63) is 46.1 Å². The Bertz CT molecular complexity index is 940. The van der Waals surface area contributed by atoms with Crippen LogP contribution in [0.25, 0.3) is 0 Å². The molecule has 1 aliphatic heterocycles. The zero-order valence-electron chi connectivity index (χ0n) is 15.9. The number of esters is 1. The van der Waals surface area contributed by atoms with Gasteiger partial charge >= 0.3 is 5.97 Å². The first-order chi connectivity index (χ1) is 13.3. The van der Waals surface area contributed by atoms with Crippen LogP contribution in [-0.4, -0.2) is 30.9 Å². The summed E-state index contributed by atoms with van der Waals surface area (Å²) in [5.41, 5.74) is 1.26. The number of rotatable bonds is 5. The Balaban J connectivity index is 1.78. The van der Waals surface area contributed by atoms with Crippen LogP contribution in [0.5, 0.6) is 0 Å². The predicted molar refractivity (Wildman–Crippen MR) is 105 cm³/mol. The van der Waals surface area contributed by atoms with Crippen LogP contribution in [0.15, 0.2) is 24.3 Å². The normalized spacial score (nSPS) is 16.4. The summed E-state index contributed by atoms with van der Waals surface area (Å²) >= 11 is 1.29. The van der Waals surface area contributed by atoms with E-state index in [2.05, 4.69) is 5.32 Å². The number of benzene rings is 1. The lowest BCUT2D eigenvalue weighted by Crippen LogP contribution is -2.28. The molecule has 0 aliphatic carbocycles. The molecule has 1 aromatic heterocycles. The van der Waals surface area contributed by atoms with Crippen LogP contribution >= 0.6 is 11.3 Å². The second-order valence-corrected chi connectivity index (χ2v) is 7.78. The Kier molecular flexibility index (Phi) is 5.79. The van der Waals surface area contributed by atoms with Crippen LogP contribution in [0.3, 0.4) is 0 Å². The van der Waals surface area contributed by atoms with E-state index in [4.69, 9.17) is 4.74 Å². The van der Waals surface area contributed by atoms with E-state index in [1.807, 2.05) is 6.92 Å².